The molecule has 2 saturated heterocycles. The molecule has 2 atom stereocenters. The van der Waals surface area contributed by atoms with Crippen LogP contribution in [0.4, 0.5) is 0 Å². The lowest BCUT2D eigenvalue weighted by molar-refractivity contribution is 0.0669. The smallest absolute Gasteiger partial charge is 0.256 e. The SMILES string of the molecule is O=C(c1ccccc1-n1nccn1)N1CC[C@H]2CCN[C@H]2C1. The van der Waals surface area contributed by atoms with Gasteiger partial charge in [0.05, 0.1) is 23.6 Å². The van der Waals surface area contributed by atoms with Crippen molar-refractivity contribution in [3.8, 4) is 5.69 Å². The van der Waals surface area contributed by atoms with Crippen LogP contribution in [0, 0.1) is 5.92 Å². The van der Waals surface area contributed by atoms with Crippen molar-refractivity contribution in [2.45, 2.75) is 18.9 Å². The van der Waals surface area contributed by atoms with Gasteiger partial charge in [0.1, 0.15) is 0 Å². The number of para-hydroxylation sites is 1. The minimum atomic E-state index is 0.0695. The van der Waals surface area contributed by atoms with Crippen LogP contribution < -0.4 is 5.32 Å². The van der Waals surface area contributed by atoms with Crippen LogP contribution in [0.5, 0.6) is 0 Å². The molecule has 1 amide bonds. The summed E-state index contributed by atoms with van der Waals surface area (Å²) in [5.74, 6) is 0.798. The highest BCUT2D eigenvalue weighted by Gasteiger charge is 2.35. The standard InChI is InChI=1S/C16H19N5O/c22-16(20-10-6-12-5-7-17-14(12)11-20)13-3-1-2-4-15(13)21-18-8-9-19-21/h1-4,8-9,12,14,17H,5-7,10-11H2/t12-,14+/m1/s1. The lowest BCUT2D eigenvalue weighted by Gasteiger charge is -2.35. The summed E-state index contributed by atoms with van der Waals surface area (Å²) in [5.41, 5.74) is 1.40. The van der Waals surface area contributed by atoms with E-state index in [9.17, 15) is 4.79 Å². The maximum absolute atomic E-state index is 12.9. The minimum absolute atomic E-state index is 0.0695. The molecule has 4 rings (SSSR count). The first-order valence-corrected chi connectivity index (χ1v) is 7.81. The maximum atomic E-state index is 12.9. The Bertz CT molecular complexity index is 669. The summed E-state index contributed by atoms with van der Waals surface area (Å²) in [6.07, 6.45) is 5.57. The Morgan fingerprint density at radius 1 is 1.18 bits per heavy atom. The molecule has 1 aromatic heterocycles. The Morgan fingerprint density at radius 3 is 2.86 bits per heavy atom. The third-order valence-corrected chi connectivity index (χ3v) is 4.73. The van der Waals surface area contributed by atoms with Gasteiger partial charge in [0.2, 0.25) is 0 Å². The molecule has 6 nitrogen and oxygen atoms in total. The molecule has 2 fully saturated rings. The fraction of sp³-hybridized carbons (Fsp3) is 0.438. The molecule has 1 N–H and O–H groups in total. The minimum Gasteiger partial charge on any atom is -0.337 e. The summed E-state index contributed by atoms with van der Waals surface area (Å²) in [7, 11) is 0. The van der Waals surface area contributed by atoms with E-state index in [1.807, 2.05) is 29.2 Å². The van der Waals surface area contributed by atoms with Crippen molar-refractivity contribution in [3.05, 3.63) is 42.2 Å². The van der Waals surface area contributed by atoms with Crippen molar-refractivity contribution in [2.75, 3.05) is 19.6 Å². The lowest BCUT2D eigenvalue weighted by atomic mass is 9.92. The largest absolute Gasteiger partial charge is 0.337 e. The zero-order valence-corrected chi connectivity index (χ0v) is 12.4. The first-order valence-electron chi connectivity index (χ1n) is 7.81. The van der Waals surface area contributed by atoms with E-state index in [0.29, 0.717) is 11.6 Å². The molecule has 0 bridgehead atoms. The van der Waals surface area contributed by atoms with E-state index in [1.165, 1.54) is 11.2 Å². The summed E-state index contributed by atoms with van der Waals surface area (Å²) in [6, 6.07) is 7.98. The van der Waals surface area contributed by atoms with E-state index in [2.05, 4.69) is 15.5 Å². The second kappa shape index (κ2) is 5.53. The van der Waals surface area contributed by atoms with Gasteiger partial charge in [-0.25, -0.2) is 0 Å². The van der Waals surface area contributed by atoms with Gasteiger partial charge in [-0.2, -0.15) is 15.0 Å². The van der Waals surface area contributed by atoms with Gasteiger partial charge in [-0.3, -0.25) is 4.79 Å². The second-order valence-corrected chi connectivity index (χ2v) is 5.98. The Labute approximate surface area is 129 Å². The average Bonchev–Trinajstić information content (AvgIpc) is 3.24. The Morgan fingerprint density at radius 2 is 2.00 bits per heavy atom. The summed E-state index contributed by atoms with van der Waals surface area (Å²) in [4.78, 5) is 16.4. The van der Waals surface area contributed by atoms with Gasteiger partial charge in [-0.15, -0.1) is 0 Å². The van der Waals surface area contributed by atoms with Crippen molar-refractivity contribution in [3.63, 3.8) is 0 Å². The number of hydrogen-bond donors (Lipinski definition) is 1. The van der Waals surface area contributed by atoms with Crippen LogP contribution in [0.2, 0.25) is 0 Å². The molecule has 2 aliphatic rings. The maximum Gasteiger partial charge on any atom is 0.256 e. The molecule has 114 valence electrons. The molecule has 0 radical (unpaired) electrons. The molecule has 0 aliphatic carbocycles. The van der Waals surface area contributed by atoms with Gasteiger partial charge in [-0.1, -0.05) is 12.1 Å². The monoisotopic (exact) mass is 297 g/mol. The fourth-order valence-corrected chi connectivity index (χ4v) is 3.56. The van der Waals surface area contributed by atoms with Crippen LogP contribution in [0.15, 0.2) is 36.7 Å². The van der Waals surface area contributed by atoms with Crippen LogP contribution in [0.1, 0.15) is 23.2 Å². The van der Waals surface area contributed by atoms with E-state index in [-0.39, 0.29) is 5.91 Å². The Balaban J connectivity index is 1.61. The molecular formula is C16H19N5O. The van der Waals surface area contributed by atoms with Crippen LogP contribution >= 0.6 is 0 Å². The van der Waals surface area contributed by atoms with Gasteiger partial charge in [0.25, 0.3) is 5.91 Å². The molecule has 6 heteroatoms. The van der Waals surface area contributed by atoms with E-state index < -0.39 is 0 Å². The van der Waals surface area contributed by atoms with Gasteiger partial charge in [0.15, 0.2) is 0 Å². The van der Waals surface area contributed by atoms with Crippen molar-refractivity contribution in [2.24, 2.45) is 5.92 Å². The second-order valence-electron chi connectivity index (χ2n) is 5.98. The van der Waals surface area contributed by atoms with E-state index in [0.717, 1.165) is 37.7 Å². The van der Waals surface area contributed by atoms with E-state index >= 15 is 0 Å². The first-order chi connectivity index (χ1) is 10.8. The molecule has 3 heterocycles. The number of carbonyl (C=O) groups excluding carboxylic acids is 1. The zero-order chi connectivity index (χ0) is 14.9. The number of fused-ring (bicyclic) bond motifs is 1. The molecule has 22 heavy (non-hydrogen) atoms. The molecule has 0 unspecified atom stereocenters. The summed E-state index contributed by atoms with van der Waals surface area (Å²) >= 11 is 0. The quantitative estimate of drug-likeness (QED) is 0.901. The highest BCUT2D eigenvalue weighted by Crippen LogP contribution is 2.26. The molecule has 0 saturated carbocycles. The topological polar surface area (TPSA) is 63.1 Å². The molecule has 0 spiro atoms. The number of amides is 1. The van der Waals surface area contributed by atoms with Gasteiger partial charge in [-0.05, 0) is 37.4 Å². The number of likely N-dealkylation sites (tertiary alicyclic amines) is 1. The van der Waals surface area contributed by atoms with Crippen molar-refractivity contribution in [1.82, 2.24) is 25.2 Å². The predicted molar refractivity (Wildman–Crippen MR) is 81.8 cm³/mol. The third-order valence-electron chi connectivity index (χ3n) is 4.73. The summed E-state index contributed by atoms with van der Waals surface area (Å²) < 4.78 is 0. The first kappa shape index (κ1) is 13.5. The molecule has 2 aliphatic heterocycles. The van der Waals surface area contributed by atoms with E-state index in [1.54, 1.807) is 12.4 Å². The normalized spacial score (nSPS) is 24.3. The number of rotatable bonds is 2. The summed E-state index contributed by atoms with van der Waals surface area (Å²) in [5, 5.41) is 11.8. The third kappa shape index (κ3) is 2.29. The number of piperidine rings is 1. The molecule has 1 aromatic carbocycles. The van der Waals surface area contributed by atoms with E-state index in [4.69, 9.17) is 0 Å². The van der Waals surface area contributed by atoms with Crippen molar-refractivity contribution in [1.29, 1.82) is 0 Å². The predicted octanol–water partition coefficient (Wildman–Crippen LogP) is 1.09. The van der Waals surface area contributed by atoms with Crippen LogP contribution in [0.3, 0.4) is 0 Å². The van der Waals surface area contributed by atoms with Gasteiger partial charge < -0.3 is 10.2 Å². The fourth-order valence-electron chi connectivity index (χ4n) is 3.56. The number of nitrogens with zero attached hydrogens (tertiary/aromatic N) is 4. The lowest BCUT2D eigenvalue weighted by Crippen LogP contribution is -2.48. The number of benzene rings is 1. The number of nitrogens with one attached hydrogen (secondary N) is 1. The number of carbonyl (C=O) groups is 1. The number of aromatic nitrogens is 3. The van der Waals surface area contributed by atoms with Crippen LogP contribution in [0.25, 0.3) is 5.69 Å². The van der Waals surface area contributed by atoms with Crippen molar-refractivity contribution >= 4 is 5.91 Å². The van der Waals surface area contributed by atoms with Gasteiger partial charge in [0, 0.05) is 19.1 Å². The molecular weight excluding hydrogens is 278 g/mol. The molecule has 2 aromatic rings. The van der Waals surface area contributed by atoms with Crippen molar-refractivity contribution < 1.29 is 4.79 Å². The summed E-state index contributed by atoms with van der Waals surface area (Å²) in [6.45, 7) is 2.71. The Hall–Kier alpha value is -2.21. The number of hydrogen-bond acceptors (Lipinski definition) is 4. The van der Waals surface area contributed by atoms with Gasteiger partial charge >= 0.3 is 0 Å². The Kier molecular flexibility index (Phi) is 3.38. The highest BCUT2D eigenvalue weighted by atomic mass is 16.2. The van der Waals surface area contributed by atoms with Crippen LogP contribution in [-0.4, -0.2) is 51.5 Å². The zero-order valence-electron chi connectivity index (χ0n) is 12.4. The van der Waals surface area contributed by atoms with Crippen LogP contribution in [-0.2, 0) is 0 Å². The average molecular weight is 297 g/mol. The highest BCUT2D eigenvalue weighted by molar-refractivity contribution is 5.97.